The third-order valence-corrected chi connectivity index (χ3v) is 5.80. The highest BCUT2D eigenvalue weighted by Gasteiger charge is 2.17. The van der Waals surface area contributed by atoms with Crippen LogP contribution in [0, 0.1) is 0 Å². The molecule has 7 heteroatoms. The minimum absolute atomic E-state index is 0.0775. The van der Waals surface area contributed by atoms with E-state index in [2.05, 4.69) is 5.32 Å². The van der Waals surface area contributed by atoms with E-state index < -0.39 is 15.7 Å². The van der Waals surface area contributed by atoms with Crippen LogP contribution in [-0.4, -0.2) is 27.2 Å². The molecule has 29 heavy (non-hydrogen) atoms. The van der Waals surface area contributed by atoms with Crippen LogP contribution in [0.25, 0.3) is 0 Å². The summed E-state index contributed by atoms with van der Waals surface area (Å²) in [6.45, 7) is 0.454. The summed E-state index contributed by atoms with van der Waals surface area (Å²) in [5.74, 6) is 0.0831. The van der Waals surface area contributed by atoms with Crippen LogP contribution in [0.1, 0.15) is 15.9 Å². The van der Waals surface area contributed by atoms with Crippen molar-refractivity contribution in [2.45, 2.75) is 11.3 Å². The van der Waals surface area contributed by atoms with Crippen molar-refractivity contribution in [1.29, 1.82) is 0 Å². The lowest BCUT2D eigenvalue weighted by Crippen LogP contribution is -2.14. The predicted octanol–water partition coefficient (Wildman–Crippen LogP) is 4.62. The number of hydrogen-bond donors (Lipinski definition) is 1. The third kappa shape index (κ3) is 5.59. The zero-order valence-electron chi connectivity index (χ0n) is 15.8. The van der Waals surface area contributed by atoms with Gasteiger partial charge in [-0.3, -0.25) is 4.79 Å². The number of carbonyl (C=O) groups excluding carboxylic acids is 1. The number of anilines is 1. The Labute approximate surface area is 175 Å². The van der Waals surface area contributed by atoms with Crippen molar-refractivity contribution in [3.8, 4) is 5.75 Å². The summed E-state index contributed by atoms with van der Waals surface area (Å²) in [4.78, 5) is 12.6. The summed E-state index contributed by atoms with van der Waals surface area (Å²) in [6.07, 6.45) is 1.78. The molecule has 0 aliphatic rings. The Hall–Kier alpha value is -2.83. The number of halogens is 1. The predicted molar refractivity (Wildman–Crippen MR) is 115 cm³/mol. The van der Waals surface area contributed by atoms with Gasteiger partial charge in [0, 0.05) is 18.2 Å². The molecule has 0 unspecified atom stereocenters. The standard InChI is InChI=1S/C22H20ClNO4S/c1-29(26,27)21-15-17(11-12-18(21)23)22(25)24-19-9-5-6-10-20(19)28-14-13-16-7-3-2-4-8-16/h2-12,15H,13-14H2,1H3,(H,24,25). The van der Waals surface area contributed by atoms with Crippen LogP contribution in [0.2, 0.25) is 5.02 Å². The second kappa shape index (κ2) is 9.11. The lowest BCUT2D eigenvalue weighted by Gasteiger charge is -2.13. The Kier molecular flexibility index (Phi) is 6.56. The van der Waals surface area contributed by atoms with Crippen molar-refractivity contribution < 1.29 is 17.9 Å². The Bertz CT molecular complexity index is 1110. The Morgan fingerprint density at radius 1 is 1.00 bits per heavy atom. The van der Waals surface area contributed by atoms with Gasteiger partial charge in [0.15, 0.2) is 9.84 Å². The second-order valence-electron chi connectivity index (χ2n) is 6.45. The first-order valence-electron chi connectivity index (χ1n) is 8.91. The molecule has 0 radical (unpaired) electrons. The highest BCUT2D eigenvalue weighted by atomic mass is 35.5. The van der Waals surface area contributed by atoms with Gasteiger partial charge in [-0.15, -0.1) is 0 Å². The van der Waals surface area contributed by atoms with Crippen LogP contribution in [-0.2, 0) is 16.3 Å². The lowest BCUT2D eigenvalue weighted by atomic mass is 10.2. The Morgan fingerprint density at radius 2 is 1.69 bits per heavy atom. The van der Waals surface area contributed by atoms with Gasteiger partial charge in [0.1, 0.15) is 5.75 Å². The van der Waals surface area contributed by atoms with Gasteiger partial charge in [0.05, 0.1) is 22.2 Å². The van der Waals surface area contributed by atoms with Crippen LogP contribution in [0.3, 0.4) is 0 Å². The number of ether oxygens (including phenoxy) is 1. The molecule has 0 spiro atoms. The van der Waals surface area contributed by atoms with Crippen LogP contribution in [0.15, 0.2) is 77.7 Å². The fourth-order valence-corrected chi connectivity index (χ4v) is 4.04. The van der Waals surface area contributed by atoms with E-state index in [1.807, 2.05) is 36.4 Å². The fourth-order valence-electron chi connectivity index (χ4n) is 2.74. The molecule has 0 bridgehead atoms. The van der Waals surface area contributed by atoms with Gasteiger partial charge in [-0.2, -0.15) is 0 Å². The molecule has 1 amide bonds. The average molecular weight is 430 g/mol. The summed E-state index contributed by atoms with van der Waals surface area (Å²) >= 11 is 5.95. The zero-order valence-corrected chi connectivity index (χ0v) is 17.3. The first-order chi connectivity index (χ1) is 13.8. The minimum Gasteiger partial charge on any atom is -0.491 e. The SMILES string of the molecule is CS(=O)(=O)c1cc(C(=O)Nc2ccccc2OCCc2ccccc2)ccc1Cl. The van der Waals surface area contributed by atoms with Crippen molar-refractivity contribution >= 4 is 33.0 Å². The molecule has 0 aliphatic heterocycles. The van der Waals surface area contributed by atoms with E-state index in [1.54, 1.807) is 18.2 Å². The quantitative estimate of drug-likeness (QED) is 0.594. The summed E-state index contributed by atoms with van der Waals surface area (Å²) in [5, 5.41) is 2.85. The van der Waals surface area contributed by atoms with Gasteiger partial charge in [-0.05, 0) is 35.9 Å². The monoisotopic (exact) mass is 429 g/mol. The third-order valence-electron chi connectivity index (χ3n) is 4.22. The molecule has 3 aromatic rings. The summed E-state index contributed by atoms with van der Waals surface area (Å²) in [7, 11) is -3.55. The number of benzene rings is 3. The van der Waals surface area contributed by atoms with E-state index in [9.17, 15) is 13.2 Å². The molecule has 0 saturated heterocycles. The van der Waals surface area contributed by atoms with Gasteiger partial charge >= 0.3 is 0 Å². The largest absolute Gasteiger partial charge is 0.491 e. The van der Waals surface area contributed by atoms with Crippen LogP contribution < -0.4 is 10.1 Å². The van der Waals surface area contributed by atoms with Gasteiger partial charge in [0.25, 0.3) is 5.91 Å². The minimum atomic E-state index is -3.55. The number of rotatable bonds is 7. The normalized spacial score (nSPS) is 11.1. The zero-order chi connectivity index (χ0) is 20.9. The highest BCUT2D eigenvalue weighted by Crippen LogP contribution is 2.26. The van der Waals surface area contributed by atoms with Crippen molar-refractivity contribution in [2.75, 3.05) is 18.2 Å². The molecule has 1 N–H and O–H groups in total. The molecule has 0 fully saturated rings. The molecule has 0 aromatic heterocycles. The lowest BCUT2D eigenvalue weighted by molar-refractivity contribution is 0.102. The van der Waals surface area contributed by atoms with E-state index >= 15 is 0 Å². The Balaban J connectivity index is 1.73. The molecule has 0 heterocycles. The fraction of sp³-hybridized carbons (Fsp3) is 0.136. The smallest absolute Gasteiger partial charge is 0.255 e. The molecular formula is C22H20ClNO4S. The number of nitrogens with one attached hydrogen (secondary N) is 1. The van der Waals surface area contributed by atoms with Gasteiger partial charge in [0.2, 0.25) is 0 Å². The van der Waals surface area contributed by atoms with Crippen LogP contribution >= 0.6 is 11.6 Å². The maximum Gasteiger partial charge on any atom is 0.255 e. The number of para-hydroxylation sites is 2. The van der Waals surface area contributed by atoms with E-state index in [0.717, 1.165) is 18.2 Å². The summed E-state index contributed by atoms with van der Waals surface area (Å²) in [5.41, 5.74) is 1.85. The van der Waals surface area contributed by atoms with Gasteiger partial charge < -0.3 is 10.1 Å². The van der Waals surface area contributed by atoms with Crippen molar-refractivity contribution in [3.63, 3.8) is 0 Å². The van der Waals surface area contributed by atoms with Crippen molar-refractivity contribution in [2.24, 2.45) is 0 Å². The molecule has 3 aromatic carbocycles. The van der Waals surface area contributed by atoms with Crippen LogP contribution in [0.5, 0.6) is 5.75 Å². The topological polar surface area (TPSA) is 72.5 Å². The molecule has 0 aliphatic carbocycles. The van der Waals surface area contributed by atoms with E-state index in [-0.39, 0.29) is 15.5 Å². The number of amides is 1. The molecule has 5 nitrogen and oxygen atoms in total. The molecule has 0 atom stereocenters. The van der Waals surface area contributed by atoms with Gasteiger partial charge in [-0.1, -0.05) is 54.1 Å². The van der Waals surface area contributed by atoms with Gasteiger partial charge in [-0.25, -0.2) is 8.42 Å². The van der Waals surface area contributed by atoms with E-state index in [1.165, 1.54) is 18.2 Å². The molecule has 3 rings (SSSR count). The molecular weight excluding hydrogens is 410 g/mol. The summed E-state index contributed by atoms with van der Waals surface area (Å²) < 4.78 is 29.5. The first-order valence-corrected chi connectivity index (χ1v) is 11.2. The van der Waals surface area contributed by atoms with E-state index in [0.29, 0.717) is 18.0 Å². The van der Waals surface area contributed by atoms with Crippen LogP contribution in [0.4, 0.5) is 5.69 Å². The van der Waals surface area contributed by atoms with Crippen molar-refractivity contribution in [1.82, 2.24) is 0 Å². The molecule has 150 valence electrons. The second-order valence-corrected chi connectivity index (χ2v) is 8.84. The van der Waals surface area contributed by atoms with Crippen molar-refractivity contribution in [3.05, 3.63) is 88.9 Å². The number of carbonyl (C=O) groups is 1. The highest BCUT2D eigenvalue weighted by molar-refractivity contribution is 7.90. The number of hydrogen-bond acceptors (Lipinski definition) is 4. The first kappa shape index (κ1) is 20.9. The average Bonchev–Trinajstić information content (AvgIpc) is 2.69. The summed E-state index contributed by atoms with van der Waals surface area (Å²) in [6, 6.07) is 21.2. The van der Waals surface area contributed by atoms with E-state index in [4.69, 9.17) is 16.3 Å². The number of sulfone groups is 1. The maximum absolute atomic E-state index is 12.6. The Morgan fingerprint density at radius 3 is 2.41 bits per heavy atom. The maximum atomic E-state index is 12.6. The molecule has 0 saturated carbocycles.